The van der Waals surface area contributed by atoms with E-state index in [1.54, 1.807) is 0 Å². The summed E-state index contributed by atoms with van der Waals surface area (Å²) in [5.74, 6) is 0.947. The lowest BCUT2D eigenvalue weighted by atomic mass is 10.1. The lowest BCUT2D eigenvalue weighted by Crippen LogP contribution is -2.16. The van der Waals surface area contributed by atoms with Crippen molar-refractivity contribution >= 4 is 0 Å². The molecule has 0 aromatic heterocycles. The highest BCUT2D eigenvalue weighted by Crippen LogP contribution is 2.27. The first-order chi connectivity index (χ1) is 10.7. The van der Waals surface area contributed by atoms with Gasteiger partial charge in [-0.15, -0.1) is 0 Å². The first kappa shape index (κ1) is 17.1. The van der Waals surface area contributed by atoms with E-state index in [0.717, 1.165) is 18.8 Å². The van der Waals surface area contributed by atoms with Crippen LogP contribution in [0, 0.1) is 0 Å². The maximum Gasteiger partial charge on any atom is 0.123 e. The molecule has 1 fully saturated rings. The smallest absolute Gasteiger partial charge is 0.123 e. The summed E-state index contributed by atoms with van der Waals surface area (Å²) in [5.41, 5.74) is 1.37. The summed E-state index contributed by atoms with van der Waals surface area (Å²) < 4.78 is 11.1. The second kappa shape index (κ2) is 8.99. The molecule has 2 nitrogen and oxygen atoms in total. The summed E-state index contributed by atoms with van der Waals surface area (Å²) in [6.07, 6.45) is 13.4. The van der Waals surface area contributed by atoms with Gasteiger partial charge in [-0.2, -0.15) is 0 Å². The van der Waals surface area contributed by atoms with Gasteiger partial charge in [0.1, 0.15) is 18.0 Å². The maximum absolute atomic E-state index is 5.75. The first-order valence-corrected chi connectivity index (χ1v) is 8.72. The van der Waals surface area contributed by atoms with Crippen molar-refractivity contribution in [1.82, 2.24) is 0 Å². The Bertz CT molecular complexity index is 443. The SMILES string of the molecule is CC/C=C/CCCCCCc1ccc(OCC2(C)CO2)cc1. The Morgan fingerprint density at radius 2 is 1.82 bits per heavy atom. The van der Waals surface area contributed by atoms with Crippen LogP contribution in [0.15, 0.2) is 36.4 Å². The van der Waals surface area contributed by atoms with Crippen LogP contribution in [0.25, 0.3) is 0 Å². The first-order valence-electron chi connectivity index (χ1n) is 8.72. The number of benzene rings is 1. The highest BCUT2D eigenvalue weighted by atomic mass is 16.6. The van der Waals surface area contributed by atoms with Crippen molar-refractivity contribution in [2.24, 2.45) is 0 Å². The average molecular weight is 302 g/mol. The Morgan fingerprint density at radius 3 is 2.50 bits per heavy atom. The summed E-state index contributed by atoms with van der Waals surface area (Å²) in [7, 11) is 0. The molecule has 0 radical (unpaired) electrons. The van der Waals surface area contributed by atoms with Crippen LogP contribution >= 0.6 is 0 Å². The molecule has 0 amide bonds. The molecule has 0 bridgehead atoms. The quantitative estimate of drug-likeness (QED) is 0.314. The van der Waals surface area contributed by atoms with Gasteiger partial charge < -0.3 is 9.47 Å². The van der Waals surface area contributed by atoms with Crippen LogP contribution < -0.4 is 4.74 Å². The zero-order valence-corrected chi connectivity index (χ0v) is 14.1. The van der Waals surface area contributed by atoms with Crippen LogP contribution in [0.1, 0.15) is 57.9 Å². The Morgan fingerprint density at radius 1 is 1.09 bits per heavy atom. The highest BCUT2D eigenvalue weighted by molar-refractivity contribution is 5.27. The fraction of sp³-hybridized carbons (Fsp3) is 0.600. The van der Waals surface area contributed by atoms with Crippen molar-refractivity contribution in [3.8, 4) is 5.75 Å². The average Bonchev–Trinajstić information content (AvgIpc) is 3.27. The monoisotopic (exact) mass is 302 g/mol. The normalized spacial score (nSPS) is 20.5. The minimum Gasteiger partial charge on any atom is -0.491 e. The van der Waals surface area contributed by atoms with Crippen LogP contribution in [-0.2, 0) is 11.2 Å². The molecule has 122 valence electrons. The predicted molar refractivity (Wildman–Crippen MR) is 92.5 cm³/mol. The Balaban J connectivity index is 1.55. The molecule has 1 saturated heterocycles. The fourth-order valence-corrected chi connectivity index (χ4v) is 2.42. The standard InChI is InChI=1S/C20H30O2/c1-3-4-5-6-7-8-9-10-11-18-12-14-19(15-13-18)21-16-20(2)17-22-20/h4-5,12-15H,3,6-11,16-17H2,1-2H3/b5-4+. The Hall–Kier alpha value is -1.28. The van der Waals surface area contributed by atoms with Gasteiger partial charge in [0.15, 0.2) is 0 Å². The van der Waals surface area contributed by atoms with Crippen LogP contribution in [-0.4, -0.2) is 18.8 Å². The minimum absolute atomic E-state index is 0.0367. The predicted octanol–water partition coefficient (Wildman–Crippen LogP) is 5.31. The fourth-order valence-electron chi connectivity index (χ4n) is 2.42. The molecule has 0 N–H and O–H groups in total. The highest BCUT2D eigenvalue weighted by Gasteiger charge is 2.40. The minimum atomic E-state index is -0.0367. The van der Waals surface area contributed by atoms with E-state index in [2.05, 4.69) is 50.3 Å². The molecule has 0 saturated carbocycles. The molecule has 1 aliphatic heterocycles. The summed E-state index contributed by atoms with van der Waals surface area (Å²) in [4.78, 5) is 0. The van der Waals surface area contributed by atoms with Gasteiger partial charge in [-0.05, 0) is 56.7 Å². The third kappa shape index (κ3) is 6.65. The number of rotatable bonds is 11. The number of hydrogen-bond donors (Lipinski definition) is 0. The van der Waals surface area contributed by atoms with E-state index in [1.807, 2.05) is 0 Å². The van der Waals surface area contributed by atoms with E-state index in [-0.39, 0.29) is 5.60 Å². The molecule has 2 heteroatoms. The van der Waals surface area contributed by atoms with Gasteiger partial charge in [0.25, 0.3) is 0 Å². The third-order valence-corrected chi connectivity index (χ3v) is 4.09. The van der Waals surface area contributed by atoms with Gasteiger partial charge in [-0.3, -0.25) is 0 Å². The molecule has 22 heavy (non-hydrogen) atoms. The maximum atomic E-state index is 5.75. The van der Waals surface area contributed by atoms with Gasteiger partial charge in [0.05, 0.1) is 6.61 Å². The number of unbranched alkanes of at least 4 members (excludes halogenated alkanes) is 4. The van der Waals surface area contributed by atoms with E-state index in [0.29, 0.717) is 6.61 Å². The van der Waals surface area contributed by atoms with Gasteiger partial charge in [-0.25, -0.2) is 0 Å². The molecule has 1 aromatic carbocycles. The van der Waals surface area contributed by atoms with Crippen LogP contribution in [0.3, 0.4) is 0 Å². The summed E-state index contributed by atoms with van der Waals surface area (Å²) in [6.45, 7) is 5.74. The third-order valence-electron chi connectivity index (χ3n) is 4.09. The number of ether oxygens (including phenoxy) is 2. The lowest BCUT2D eigenvalue weighted by Gasteiger charge is -2.09. The molecule has 1 heterocycles. The number of epoxide rings is 1. The largest absolute Gasteiger partial charge is 0.491 e. The van der Waals surface area contributed by atoms with Crippen molar-refractivity contribution in [3.05, 3.63) is 42.0 Å². The molecular formula is C20H30O2. The topological polar surface area (TPSA) is 21.8 Å². The summed E-state index contributed by atoms with van der Waals surface area (Å²) in [6, 6.07) is 8.54. The number of aryl methyl sites for hydroxylation is 1. The van der Waals surface area contributed by atoms with Crippen molar-refractivity contribution in [3.63, 3.8) is 0 Å². The molecule has 2 rings (SSSR count). The Labute approximate surface area is 135 Å². The lowest BCUT2D eigenvalue weighted by molar-refractivity contribution is 0.202. The van der Waals surface area contributed by atoms with Gasteiger partial charge in [0, 0.05) is 0 Å². The van der Waals surface area contributed by atoms with Crippen LogP contribution in [0.5, 0.6) is 5.75 Å². The molecule has 1 aliphatic rings. The Kier molecular flexibility index (Phi) is 6.98. The van der Waals surface area contributed by atoms with Crippen molar-refractivity contribution in [2.45, 2.75) is 64.4 Å². The zero-order chi connectivity index (χ0) is 15.7. The zero-order valence-electron chi connectivity index (χ0n) is 14.1. The second-order valence-electron chi connectivity index (χ2n) is 6.50. The van der Waals surface area contributed by atoms with Crippen LogP contribution in [0.4, 0.5) is 0 Å². The molecular weight excluding hydrogens is 272 g/mol. The second-order valence-corrected chi connectivity index (χ2v) is 6.50. The van der Waals surface area contributed by atoms with Crippen molar-refractivity contribution < 1.29 is 9.47 Å². The van der Waals surface area contributed by atoms with Gasteiger partial charge >= 0.3 is 0 Å². The summed E-state index contributed by atoms with van der Waals surface area (Å²) >= 11 is 0. The summed E-state index contributed by atoms with van der Waals surface area (Å²) in [5, 5.41) is 0. The van der Waals surface area contributed by atoms with Crippen LogP contribution in [0.2, 0.25) is 0 Å². The van der Waals surface area contributed by atoms with E-state index < -0.39 is 0 Å². The molecule has 0 spiro atoms. The van der Waals surface area contributed by atoms with Gasteiger partial charge in [-0.1, -0.05) is 44.1 Å². The molecule has 1 atom stereocenters. The molecule has 1 unspecified atom stereocenters. The van der Waals surface area contributed by atoms with Crippen molar-refractivity contribution in [2.75, 3.05) is 13.2 Å². The van der Waals surface area contributed by atoms with E-state index in [4.69, 9.17) is 9.47 Å². The number of allylic oxidation sites excluding steroid dienone is 2. The van der Waals surface area contributed by atoms with E-state index in [1.165, 1.54) is 44.1 Å². The molecule has 1 aromatic rings. The van der Waals surface area contributed by atoms with Crippen molar-refractivity contribution in [1.29, 1.82) is 0 Å². The number of hydrogen-bond acceptors (Lipinski definition) is 2. The van der Waals surface area contributed by atoms with Gasteiger partial charge in [0.2, 0.25) is 0 Å². The van der Waals surface area contributed by atoms with E-state index >= 15 is 0 Å². The van der Waals surface area contributed by atoms with E-state index in [9.17, 15) is 0 Å². The molecule has 0 aliphatic carbocycles.